The van der Waals surface area contributed by atoms with E-state index < -0.39 is 9.92 Å². The van der Waals surface area contributed by atoms with Crippen molar-refractivity contribution >= 4 is 9.92 Å². The van der Waals surface area contributed by atoms with Crippen molar-refractivity contribution in [2.24, 2.45) is 4.36 Å². The highest BCUT2D eigenvalue weighted by Gasteiger charge is 2.13. The summed E-state index contributed by atoms with van der Waals surface area (Å²) in [5.74, 6) is 0.514. The van der Waals surface area contributed by atoms with E-state index >= 15 is 0 Å². The standard InChI is InChI=1S/C4H7N3OS/c5-4-7-9(8)3-1-2-6-9/h1-3H2,(H,6,7,8)/t9-/m1/s1. The molecule has 4 nitrogen and oxygen atoms in total. The van der Waals surface area contributed by atoms with Gasteiger partial charge in [0.2, 0.25) is 6.19 Å². The Morgan fingerprint density at radius 2 is 2.56 bits per heavy atom. The van der Waals surface area contributed by atoms with Crippen molar-refractivity contribution in [1.29, 1.82) is 5.26 Å². The highest BCUT2D eigenvalue weighted by molar-refractivity contribution is 7.92. The maximum Gasteiger partial charge on any atom is 0.215 e. The first kappa shape index (κ1) is 6.52. The summed E-state index contributed by atoms with van der Waals surface area (Å²) in [4.78, 5) is 0. The zero-order valence-corrected chi connectivity index (χ0v) is 5.65. The third-order valence-corrected chi connectivity index (χ3v) is 2.99. The minimum atomic E-state index is -2.29. The molecule has 0 amide bonds. The van der Waals surface area contributed by atoms with Crippen molar-refractivity contribution in [2.45, 2.75) is 6.42 Å². The number of nitrogens with one attached hydrogen (secondary N) is 1. The molecule has 0 aromatic carbocycles. The predicted octanol–water partition coefficient (Wildman–Crippen LogP) is -0.156. The first-order valence-electron chi connectivity index (χ1n) is 2.64. The van der Waals surface area contributed by atoms with Crippen LogP contribution < -0.4 is 4.72 Å². The first-order chi connectivity index (χ1) is 4.27. The molecule has 1 N–H and O–H groups in total. The van der Waals surface area contributed by atoms with Crippen LogP contribution in [0.4, 0.5) is 0 Å². The van der Waals surface area contributed by atoms with Gasteiger partial charge in [0.25, 0.3) is 0 Å². The molecule has 1 heterocycles. The lowest BCUT2D eigenvalue weighted by Gasteiger charge is -1.92. The Bertz CT molecular complexity index is 233. The van der Waals surface area contributed by atoms with Gasteiger partial charge in [-0.15, -0.1) is 4.36 Å². The van der Waals surface area contributed by atoms with Crippen LogP contribution in [0.1, 0.15) is 6.42 Å². The van der Waals surface area contributed by atoms with Gasteiger partial charge in [-0.2, -0.15) is 5.26 Å². The number of nitriles is 1. The van der Waals surface area contributed by atoms with Gasteiger partial charge in [0.15, 0.2) is 0 Å². The Balaban J connectivity index is 2.89. The Labute approximate surface area is 54.2 Å². The minimum Gasteiger partial charge on any atom is -0.233 e. The molecule has 1 aliphatic rings. The van der Waals surface area contributed by atoms with Gasteiger partial charge in [-0.05, 0) is 6.42 Å². The van der Waals surface area contributed by atoms with Crippen molar-refractivity contribution in [1.82, 2.24) is 4.72 Å². The number of hydrogen-bond donors (Lipinski definition) is 1. The summed E-state index contributed by atoms with van der Waals surface area (Å²) in [5.41, 5.74) is 0. The molecule has 1 fully saturated rings. The monoisotopic (exact) mass is 145 g/mol. The van der Waals surface area contributed by atoms with E-state index in [1.807, 2.05) is 0 Å². The molecule has 1 rings (SSSR count). The van der Waals surface area contributed by atoms with Crippen LogP contribution in [-0.2, 0) is 9.92 Å². The molecule has 0 unspecified atom stereocenters. The lowest BCUT2D eigenvalue weighted by atomic mass is 10.5. The van der Waals surface area contributed by atoms with E-state index in [9.17, 15) is 4.21 Å². The molecule has 0 spiro atoms. The largest absolute Gasteiger partial charge is 0.233 e. The fraction of sp³-hybridized carbons (Fsp3) is 0.750. The van der Waals surface area contributed by atoms with Crippen LogP contribution in [0.25, 0.3) is 0 Å². The van der Waals surface area contributed by atoms with E-state index in [0.29, 0.717) is 12.3 Å². The van der Waals surface area contributed by atoms with Crippen LogP contribution in [0.3, 0.4) is 0 Å². The maximum absolute atomic E-state index is 11.1. The summed E-state index contributed by atoms with van der Waals surface area (Å²) < 4.78 is 17.0. The fourth-order valence-electron chi connectivity index (χ4n) is 0.715. The Kier molecular flexibility index (Phi) is 1.69. The third kappa shape index (κ3) is 1.40. The first-order valence-corrected chi connectivity index (χ1v) is 4.33. The second-order valence-corrected chi connectivity index (χ2v) is 3.94. The molecule has 0 radical (unpaired) electrons. The SMILES string of the molecule is N#CN=[S@@]1(=O)CCCN1. The van der Waals surface area contributed by atoms with Crippen LogP contribution in [0.15, 0.2) is 4.36 Å². The molecular weight excluding hydrogens is 138 g/mol. The van der Waals surface area contributed by atoms with E-state index in [4.69, 9.17) is 5.26 Å². The second kappa shape index (κ2) is 2.33. The van der Waals surface area contributed by atoms with Gasteiger partial charge in [0.05, 0.1) is 0 Å². The second-order valence-electron chi connectivity index (χ2n) is 1.78. The molecule has 0 saturated carbocycles. The fourth-order valence-corrected chi connectivity index (χ4v) is 2.15. The molecule has 1 aliphatic heterocycles. The zero-order chi connectivity index (χ0) is 6.74. The van der Waals surface area contributed by atoms with E-state index in [0.717, 1.165) is 6.42 Å². The molecule has 0 aliphatic carbocycles. The van der Waals surface area contributed by atoms with Crippen molar-refractivity contribution in [3.05, 3.63) is 0 Å². The van der Waals surface area contributed by atoms with E-state index in [1.165, 1.54) is 6.19 Å². The van der Waals surface area contributed by atoms with Crippen LogP contribution in [0.2, 0.25) is 0 Å². The normalized spacial score (nSPS) is 33.7. The van der Waals surface area contributed by atoms with Crippen molar-refractivity contribution in [3.63, 3.8) is 0 Å². The number of hydrogen-bond acceptors (Lipinski definition) is 3. The Morgan fingerprint density at radius 1 is 1.78 bits per heavy atom. The maximum atomic E-state index is 11.1. The van der Waals surface area contributed by atoms with Crippen LogP contribution in [-0.4, -0.2) is 16.5 Å². The lowest BCUT2D eigenvalue weighted by Crippen LogP contribution is -2.15. The third-order valence-electron chi connectivity index (χ3n) is 1.11. The quantitative estimate of drug-likeness (QED) is 0.481. The summed E-state index contributed by atoms with van der Waals surface area (Å²) in [6.45, 7) is 0.712. The summed E-state index contributed by atoms with van der Waals surface area (Å²) in [5, 5.41) is 8.06. The summed E-state index contributed by atoms with van der Waals surface area (Å²) in [7, 11) is -2.29. The van der Waals surface area contributed by atoms with Crippen LogP contribution in [0.5, 0.6) is 0 Å². The molecule has 1 atom stereocenters. The molecule has 9 heavy (non-hydrogen) atoms. The van der Waals surface area contributed by atoms with Gasteiger partial charge in [0.1, 0.15) is 9.92 Å². The van der Waals surface area contributed by atoms with Crippen LogP contribution >= 0.6 is 0 Å². The average Bonchev–Trinajstić information content (AvgIpc) is 2.16. The molecule has 0 aromatic heterocycles. The number of nitrogens with zero attached hydrogens (tertiary/aromatic N) is 2. The van der Waals surface area contributed by atoms with Gasteiger partial charge in [0, 0.05) is 12.3 Å². The average molecular weight is 145 g/mol. The van der Waals surface area contributed by atoms with Crippen molar-refractivity contribution < 1.29 is 4.21 Å². The Hall–Kier alpha value is -0.600. The van der Waals surface area contributed by atoms with Gasteiger partial charge >= 0.3 is 0 Å². The number of rotatable bonds is 0. The summed E-state index contributed by atoms with van der Waals surface area (Å²) >= 11 is 0. The zero-order valence-electron chi connectivity index (χ0n) is 4.83. The molecule has 5 heteroatoms. The predicted molar refractivity (Wildman–Crippen MR) is 33.7 cm³/mol. The van der Waals surface area contributed by atoms with Gasteiger partial charge in [-0.3, -0.25) is 0 Å². The molecule has 1 saturated heterocycles. The van der Waals surface area contributed by atoms with Crippen LogP contribution in [0, 0.1) is 11.5 Å². The molecular formula is C4H7N3OS. The summed E-state index contributed by atoms with van der Waals surface area (Å²) in [6, 6.07) is 0. The lowest BCUT2D eigenvalue weighted by molar-refractivity contribution is 0.675. The highest BCUT2D eigenvalue weighted by atomic mass is 32.2. The van der Waals surface area contributed by atoms with Crippen molar-refractivity contribution in [2.75, 3.05) is 12.3 Å². The molecule has 50 valence electrons. The smallest absolute Gasteiger partial charge is 0.215 e. The summed E-state index contributed by atoms with van der Waals surface area (Å²) in [6.07, 6.45) is 2.39. The van der Waals surface area contributed by atoms with E-state index in [-0.39, 0.29) is 0 Å². The Morgan fingerprint density at radius 3 is 3.00 bits per heavy atom. The van der Waals surface area contributed by atoms with E-state index in [2.05, 4.69) is 9.08 Å². The van der Waals surface area contributed by atoms with Crippen molar-refractivity contribution in [3.8, 4) is 6.19 Å². The highest BCUT2D eigenvalue weighted by Crippen LogP contribution is 2.01. The van der Waals surface area contributed by atoms with Gasteiger partial charge in [-0.1, -0.05) is 0 Å². The topological polar surface area (TPSA) is 65.2 Å². The van der Waals surface area contributed by atoms with E-state index in [1.54, 1.807) is 0 Å². The molecule has 0 aromatic rings. The molecule has 0 bridgehead atoms. The minimum absolute atomic E-state index is 0.514. The van der Waals surface area contributed by atoms with Gasteiger partial charge < -0.3 is 0 Å². The van der Waals surface area contributed by atoms with Gasteiger partial charge in [-0.25, -0.2) is 8.93 Å².